The van der Waals surface area contributed by atoms with Gasteiger partial charge in [-0.25, -0.2) is 18.8 Å². The fraction of sp³-hybridized carbons (Fsp3) is 0.0909. The minimum atomic E-state index is -2.94. The Bertz CT molecular complexity index is 1390. The zero-order chi connectivity index (χ0) is 22.9. The average Bonchev–Trinajstić information content (AvgIpc) is 3.17. The third-order valence-corrected chi connectivity index (χ3v) is 6.60. The molecule has 0 radical (unpaired) electrons. The number of pyridine rings is 1. The van der Waals surface area contributed by atoms with Crippen LogP contribution in [0, 0.1) is 30.0 Å². The molecular formula is C22H18N6O2S2. The Labute approximate surface area is 189 Å². The van der Waals surface area contributed by atoms with Gasteiger partial charge in [0.05, 0.1) is 31.9 Å². The molecule has 0 atom stereocenters. The number of carbonyl (C=O) groups is 1. The number of amides is 2. The number of aryl methyl sites for hydroxylation is 2. The van der Waals surface area contributed by atoms with Crippen LogP contribution in [0.1, 0.15) is 17.0 Å². The summed E-state index contributed by atoms with van der Waals surface area (Å²) in [5, 5.41) is 14.7. The van der Waals surface area contributed by atoms with Crippen LogP contribution in [0.3, 0.4) is 0 Å². The van der Waals surface area contributed by atoms with Crippen LogP contribution < -0.4 is 5.32 Å². The number of carbonyl (C=O) groups excluding carboxylic acids is 1. The number of hydrogen-bond donors (Lipinski definition) is 2. The summed E-state index contributed by atoms with van der Waals surface area (Å²) < 4.78 is 19.2. The summed E-state index contributed by atoms with van der Waals surface area (Å²) in [4.78, 5) is 23.8. The average molecular weight is 463 g/mol. The van der Waals surface area contributed by atoms with Gasteiger partial charge < -0.3 is 0 Å². The molecule has 0 saturated heterocycles. The summed E-state index contributed by atoms with van der Waals surface area (Å²) in [5.74, 6) is 0. The van der Waals surface area contributed by atoms with E-state index >= 15 is 0 Å². The van der Waals surface area contributed by atoms with Gasteiger partial charge in [-0.2, -0.15) is 5.26 Å². The number of benzene rings is 1. The monoisotopic (exact) mass is 462 g/mol. The molecule has 0 bridgehead atoms. The second-order valence-electron chi connectivity index (χ2n) is 7.08. The van der Waals surface area contributed by atoms with E-state index in [-0.39, 0.29) is 0 Å². The predicted molar refractivity (Wildman–Crippen MR) is 125 cm³/mol. The second kappa shape index (κ2) is 8.37. The number of thiazole rings is 1. The number of hydrogen-bond acceptors (Lipinski definition) is 7. The van der Waals surface area contributed by atoms with E-state index < -0.39 is 15.8 Å². The predicted octanol–water partition coefficient (Wildman–Crippen LogP) is 5.20. The molecule has 1 aliphatic heterocycles. The molecule has 2 N–H and O–H groups in total. The number of nitrogens with zero attached hydrogens (tertiary/aromatic N) is 4. The molecule has 32 heavy (non-hydrogen) atoms. The van der Waals surface area contributed by atoms with Crippen LogP contribution in [0.25, 0.3) is 21.7 Å². The number of aromatic nitrogens is 2. The second-order valence-corrected chi connectivity index (χ2v) is 9.92. The lowest BCUT2D eigenvalue weighted by molar-refractivity contribution is 0.239. The van der Waals surface area contributed by atoms with Crippen molar-refractivity contribution in [3.63, 3.8) is 0 Å². The first-order valence-corrected chi connectivity index (χ1v) is 12.0. The third-order valence-electron chi connectivity index (χ3n) is 4.53. The van der Waals surface area contributed by atoms with Crippen molar-refractivity contribution in [1.29, 1.82) is 10.0 Å². The van der Waals surface area contributed by atoms with Gasteiger partial charge in [-0.3, -0.25) is 15.2 Å². The highest BCUT2D eigenvalue weighted by Crippen LogP contribution is 2.39. The number of urea groups is 1. The van der Waals surface area contributed by atoms with E-state index in [4.69, 9.17) is 4.78 Å². The normalized spacial score (nSPS) is 14.2. The van der Waals surface area contributed by atoms with Crippen molar-refractivity contribution in [2.45, 2.75) is 13.8 Å². The Morgan fingerprint density at radius 2 is 1.81 bits per heavy atom. The summed E-state index contributed by atoms with van der Waals surface area (Å²) >= 11 is 1.31. The first-order valence-electron chi connectivity index (χ1n) is 9.46. The van der Waals surface area contributed by atoms with E-state index in [1.807, 2.05) is 32.0 Å². The summed E-state index contributed by atoms with van der Waals surface area (Å²) in [6, 6.07) is 12.7. The van der Waals surface area contributed by atoms with Crippen LogP contribution in [-0.2, 0) is 9.73 Å². The Hall–Kier alpha value is -3.81. The maximum Gasteiger partial charge on any atom is 0.331 e. The molecule has 2 aromatic heterocycles. The topological polar surface area (TPSA) is 123 Å². The molecule has 0 unspecified atom stereocenters. The zero-order valence-corrected chi connectivity index (χ0v) is 18.8. The van der Waals surface area contributed by atoms with Crippen LogP contribution in [0.15, 0.2) is 59.6 Å². The van der Waals surface area contributed by atoms with Gasteiger partial charge in [-0.1, -0.05) is 23.5 Å². The van der Waals surface area contributed by atoms with E-state index in [0.29, 0.717) is 16.4 Å². The fourth-order valence-electron chi connectivity index (χ4n) is 3.16. The molecule has 2 amide bonds. The zero-order valence-electron chi connectivity index (χ0n) is 17.2. The molecule has 10 heteroatoms. The molecule has 3 heterocycles. The van der Waals surface area contributed by atoms with E-state index in [9.17, 15) is 14.3 Å². The minimum Gasteiger partial charge on any atom is -0.283 e. The fourth-order valence-corrected chi connectivity index (χ4v) is 4.84. The van der Waals surface area contributed by atoms with Crippen molar-refractivity contribution in [3.05, 3.63) is 76.6 Å². The molecule has 3 aromatic rings. The molecular weight excluding hydrogens is 444 g/mol. The SMILES string of the molecule is Cc1cc(-c2sc(NC(=O)N3C=CS(=N)(=O)C=C3)nc2-c2cccc(C#N)c2)cc(C)n1. The highest BCUT2D eigenvalue weighted by atomic mass is 32.2. The maximum atomic E-state index is 12.7. The van der Waals surface area contributed by atoms with Gasteiger partial charge in [-0.05, 0) is 43.7 Å². The summed E-state index contributed by atoms with van der Waals surface area (Å²) in [7, 11) is -2.94. The maximum absolute atomic E-state index is 12.7. The quantitative estimate of drug-likeness (QED) is 0.554. The van der Waals surface area contributed by atoms with Crippen LogP contribution in [0.4, 0.5) is 9.93 Å². The van der Waals surface area contributed by atoms with Gasteiger partial charge in [-0.15, -0.1) is 0 Å². The van der Waals surface area contributed by atoms with Crippen molar-refractivity contribution in [2.75, 3.05) is 5.32 Å². The Kier molecular flexibility index (Phi) is 5.61. The number of rotatable bonds is 3. The molecule has 4 rings (SSSR count). The Balaban J connectivity index is 1.75. The highest BCUT2D eigenvalue weighted by Gasteiger charge is 2.20. The van der Waals surface area contributed by atoms with Crippen molar-refractivity contribution >= 4 is 32.2 Å². The van der Waals surface area contributed by atoms with Gasteiger partial charge >= 0.3 is 6.03 Å². The lowest BCUT2D eigenvalue weighted by atomic mass is 10.0. The molecule has 1 aromatic carbocycles. The number of anilines is 1. The van der Waals surface area contributed by atoms with Crippen LogP contribution in [0.5, 0.6) is 0 Å². The van der Waals surface area contributed by atoms with Crippen molar-refractivity contribution < 1.29 is 9.00 Å². The third kappa shape index (κ3) is 4.59. The van der Waals surface area contributed by atoms with Crippen LogP contribution in [-0.4, -0.2) is 25.1 Å². The smallest absolute Gasteiger partial charge is 0.283 e. The van der Waals surface area contributed by atoms with Crippen molar-refractivity contribution in [1.82, 2.24) is 14.9 Å². The van der Waals surface area contributed by atoms with Crippen molar-refractivity contribution in [2.24, 2.45) is 0 Å². The van der Waals surface area contributed by atoms with Crippen LogP contribution >= 0.6 is 11.3 Å². The lowest BCUT2D eigenvalue weighted by Crippen LogP contribution is -2.27. The van der Waals surface area contributed by atoms with Gasteiger partial charge in [0.15, 0.2) is 5.13 Å². The van der Waals surface area contributed by atoms with E-state index in [0.717, 1.165) is 27.4 Å². The van der Waals surface area contributed by atoms with E-state index in [1.54, 1.807) is 18.2 Å². The van der Waals surface area contributed by atoms with Crippen LogP contribution in [0.2, 0.25) is 0 Å². The minimum absolute atomic E-state index is 0.369. The van der Waals surface area contributed by atoms with E-state index in [2.05, 4.69) is 21.4 Å². The van der Waals surface area contributed by atoms with Gasteiger partial charge in [0, 0.05) is 40.2 Å². The molecule has 0 saturated carbocycles. The molecule has 160 valence electrons. The molecule has 8 nitrogen and oxygen atoms in total. The first-order chi connectivity index (χ1) is 15.2. The van der Waals surface area contributed by atoms with E-state index in [1.165, 1.54) is 39.5 Å². The number of nitrogens with one attached hydrogen (secondary N) is 2. The van der Waals surface area contributed by atoms with Gasteiger partial charge in [0.1, 0.15) is 0 Å². The van der Waals surface area contributed by atoms with Gasteiger partial charge in [0.25, 0.3) is 0 Å². The first kappa shape index (κ1) is 21.4. The standard InChI is InChI=1S/C22H18N6O2S2/c1-14-10-18(11-15(2)25-14)20-19(17-5-3-4-16(12-17)13-23)26-21(31-20)27-22(29)28-6-8-32(24,30)9-7-28/h3-12,24H,1-2H3,(H,26,27,29). The molecule has 0 fully saturated rings. The largest absolute Gasteiger partial charge is 0.331 e. The summed E-state index contributed by atoms with van der Waals surface area (Å²) in [6.45, 7) is 3.82. The molecule has 1 aliphatic rings. The van der Waals surface area contributed by atoms with Crippen molar-refractivity contribution in [3.8, 4) is 27.8 Å². The lowest BCUT2D eigenvalue weighted by Gasteiger charge is -2.16. The summed E-state index contributed by atoms with van der Waals surface area (Å²) in [6.07, 6.45) is 2.60. The Morgan fingerprint density at radius 3 is 2.47 bits per heavy atom. The molecule has 0 spiro atoms. The number of nitriles is 1. The highest BCUT2D eigenvalue weighted by molar-refractivity contribution is 7.98. The Morgan fingerprint density at radius 1 is 1.12 bits per heavy atom. The van der Waals surface area contributed by atoms with Gasteiger partial charge in [0.2, 0.25) is 0 Å². The summed E-state index contributed by atoms with van der Waals surface area (Å²) in [5.41, 5.74) is 4.55. The molecule has 0 aliphatic carbocycles.